The maximum Gasteiger partial charge on any atom is 0.0704 e. The Morgan fingerprint density at radius 3 is 0.971 bits per heavy atom. The first-order chi connectivity index (χ1) is 17.4. The van der Waals surface area contributed by atoms with Crippen molar-refractivity contribution < 1.29 is 42.6 Å². The van der Waals surface area contributed by atoms with Crippen LogP contribution in [0.3, 0.4) is 0 Å². The van der Waals surface area contributed by atoms with Crippen molar-refractivity contribution in [1.29, 1.82) is 0 Å². The molecule has 0 rings (SSSR count). The fourth-order valence-electron chi connectivity index (χ4n) is 2.58. The molecular formula is C25H49IO9. The van der Waals surface area contributed by atoms with E-state index in [1.807, 2.05) is 0 Å². The van der Waals surface area contributed by atoms with Crippen molar-refractivity contribution in [2.75, 3.05) is 123 Å². The Bertz CT molecular complexity index is 392. The highest BCUT2D eigenvalue weighted by molar-refractivity contribution is 14.1. The van der Waals surface area contributed by atoms with E-state index in [0.717, 1.165) is 13.0 Å². The minimum atomic E-state index is 0.535. The van der Waals surface area contributed by atoms with Crippen LogP contribution in [0.15, 0.2) is 12.7 Å². The first-order valence-electron chi connectivity index (χ1n) is 12.8. The third-order valence-electron chi connectivity index (χ3n) is 4.38. The zero-order chi connectivity index (χ0) is 25.3. The number of hydrogen-bond acceptors (Lipinski definition) is 9. The summed E-state index contributed by atoms with van der Waals surface area (Å²) in [6, 6.07) is 0. The maximum atomic E-state index is 5.54. The van der Waals surface area contributed by atoms with Gasteiger partial charge in [-0.05, 0) is 17.3 Å². The van der Waals surface area contributed by atoms with Crippen LogP contribution in [0.1, 0.15) is 25.7 Å². The van der Waals surface area contributed by atoms with Gasteiger partial charge in [0, 0.05) is 6.61 Å². The van der Waals surface area contributed by atoms with E-state index < -0.39 is 0 Å². The quantitative estimate of drug-likeness (QED) is 0.0487. The van der Waals surface area contributed by atoms with Crippen LogP contribution < -0.4 is 0 Å². The molecule has 0 atom stereocenters. The minimum Gasteiger partial charge on any atom is -0.379 e. The van der Waals surface area contributed by atoms with Crippen LogP contribution in [0.5, 0.6) is 0 Å². The largest absolute Gasteiger partial charge is 0.379 e. The van der Waals surface area contributed by atoms with Gasteiger partial charge in [0.2, 0.25) is 0 Å². The molecule has 0 spiro atoms. The van der Waals surface area contributed by atoms with Crippen molar-refractivity contribution in [3.63, 3.8) is 0 Å². The minimum absolute atomic E-state index is 0.535. The second kappa shape index (κ2) is 34.1. The second-order valence-electron chi connectivity index (χ2n) is 7.37. The monoisotopic (exact) mass is 620 g/mol. The normalized spacial score (nSPS) is 11.3. The number of rotatable bonds is 32. The van der Waals surface area contributed by atoms with Crippen molar-refractivity contribution in [2.24, 2.45) is 0 Å². The van der Waals surface area contributed by atoms with Gasteiger partial charge in [-0.25, -0.2) is 0 Å². The summed E-state index contributed by atoms with van der Waals surface area (Å²) in [6.07, 6.45) is 6.71. The predicted molar refractivity (Wildman–Crippen MR) is 145 cm³/mol. The van der Waals surface area contributed by atoms with E-state index in [4.69, 9.17) is 42.6 Å². The second-order valence-corrected chi connectivity index (χ2v) is 8.44. The van der Waals surface area contributed by atoms with Crippen molar-refractivity contribution in [2.45, 2.75) is 25.7 Å². The van der Waals surface area contributed by atoms with Crippen LogP contribution in [0, 0.1) is 0 Å². The summed E-state index contributed by atoms with van der Waals surface area (Å²) in [4.78, 5) is 0. The maximum absolute atomic E-state index is 5.54. The molecule has 0 aromatic carbocycles. The van der Waals surface area contributed by atoms with Gasteiger partial charge in [-0.15, -0.1) is 6.58 Å². The van der Waals surface area contributed by atoms with Crippen LogP contribution in [0.25, 0.3) is 0 Å². The molecule has 0 saturated carbocycles. The van der Waals surface area contributed by atoms with Crippen molar-refractivity contribution in [3.05, 3.63) is 12.7 Å². The van der Waals surface area contributed by atoms with E-state index in [1.54, 1.807) is 6.08 Å². The number of halogens is 1. The van der Waals surface area contributed by atoms with Gasteiger partial charge in [0.05, 0.1) is 112 Å². The third kappa shape index (κ3) is 34.1. The highest BCUT2D eigenvalue weighted by Crippen LogP contribution is 2.02. The summed E-state index contributed by atoms with van der Waals surface area (Å²) in [7, 11) is 0. The Morgan fingerprint density at radius 1 is 0.371 bits per heavy atom. The van der Waals surface area contributed by atoms with Crippen LogP contribution in [-0.4, -0.2) is 123 Å². The summed E-state index contributed by atoms with van der Waals surface area (Å²) >= 11 is 2.42. The van der Waals surface area contributed by atoms with Gasteiger partial charge in [0.1, 0.15) is 0 Å². The van der Waals surface area contributed by atoms with Crippen LogP contribution in [0.2, 0.25) is 0 Å². The molecule has 0 fully saturated rings. The van der Waals surface area contributed by atoms with E-state index in [2.05, 4.69) is 29.2 Å². The van der Waals surface area contributed by atoms with E-state index in [0.29, 0.717) is 112 Å². The smallest absolute Gasteiger partial charge is 0.0704 e. The molecule has 0 heterocycles. The summed E-state index contributed by atoms with van der Waals surface area (Å²) < 4.78 is 50.1. The zero-order valence-electron chi connectivity index (χ0n) is 21.6. The molecule has 0 amide bonds. The lowest BCUT2D eigenvalue weighted by Crippen LogP contribution is -2.15. The topological polar surface area (TPSA) is 83.1 Å². The third-order valence-corrected chi connectivity index (χ3v) is 5.15. The lowest BCUT2D eigenvalue weighted by molar-refractivity contribution is -0.0246. The predicted octanol–water partition coefficient (Wildman–Crippen LogP) is 3.32. The first-order valence-corrected chi connectivity index (χ1v) is 14.3. The molecule has 0 unspecified atom stereocenters. The number of unbranched alkanes of at least 4 members (excludes halogenated alkanes) is 3. The standard InChI is InChI=1S/C25H49IO9/c1-2-8-27-10-12-29-14-16-31-18-20-33-22-24-35-25-23-34-21-19-32-17-15-30-13-11-28-9-6-4-3-5-7-26/h2H,1,3-25H2. The average Bonchev–Trinajstić information content (AvgIpc) is 2.87. The molecule has 0 N–H and O–H groups in total. The van der Waals surface area contributed by atoms with Gasteiger partial charge in [-0.2, -0.15) is 0 Å². The summed E-state index contributed by atoms with van der Waals surface area (Å²) in [6.45, 7) is 13.9. The zero-order valence-corrected chi connectivity index (χ0v) is 23.8. The van der Waals surface area contributed by atoms with Crippen molar-refractivity contribution in [3.8, 4) is 0 Å². The number of alkyl halides is 1. The van der Waals surface area contributed by atoms with Crippen LogP contribution in [-0.2, 0) is 42.6 Å². The summed E-state index contributed by atoms with van der Waals surface area (Å²) in [5.74, 6) is 0. The number of hydrogen-bond donors (Lipinski definition) is 0. The van der Waals surface area contributed by atoms with Gasteiger partial charge in [-0.3, -0.25) is 0 Å². The molecule has 0 aliphatic carbocycles. The average molecular weight is 621 g/mol. The van der Waals surface area contributed by atoms with E-state index in [9.17, 15) is 0 Å². The Kier molecular flexibility index (Phi) is 34.2. The van der Waals surface area contributed by atoms with Gasteiger partial charge in [0.25, 0.3) is 0 Å². The molecule has 10 heteroatoms. The molecule has 0 aromatic heterocycles. The molecule has 35 heavy (non-hydrogen) atoms. The van der Waals surface area contributed by atoms with E-state index in [1.165, 1.54) is 23.7 Å². The molecule has 210 valence electrons. The fourth-order valence-corrected chi connectivity index (χ4v) is 3.12. The SMILES string of the molecule is C=CCOCCOCCOCCOCCOCCOCCOCCOCCOCCCCCCI. The molecule has 9 nitrogen and oxygen atoms in total. The molecule has 0 bridgehead atoms. The Morgan fingerprint density at radius 2 is 0.657 bits per heavy atom. The summed E-state index contributed by atoms with van der Waals surface area (Å²) in [5, 5.41) is 0. The lowest BCUT2D eigenvalue weighted by Gasteiger charge is -2.08. The van der Waals surface area contributed by atoms with Crippen molar-refractivity contribution >= 4 is 22.6 Å². The van der Waals surface area contributed by atoms with E-state index >= 15 is 0 Å². The lowest BCUT2D eigenvalue weighted by atomic mass is 10.2. The molecule has 0 aliphatic heterocycles. The fraction of sp³-hybridized carbons (Fsp3) is 0.920. The Hall–Kier alpha value is 0.110. The van der Waals surface area contributed by atoms with Crippen molar-refractivity contribution in [1.82, 2.24) is 0 Å². The van der Waals surface area contributed by atoms with E-state index in [-0.39, 0.29) is 0 Å². The van der Waals surface area contributed by atoms with Crippen LogP contribution >= 0.6 is 22.6 Å². The molecule has 0 aromatic rings. The van der Waals surface area contributed by atoms with Gasteiger partial charge < -0.3 is 42.6 Å². The Labute approximate surface area is 226 Å². The summed E-state index contributed by atoms with van der Waals surface area (Å²) in [5.41, 5.74) is 0. The molecule has 0 saturated heterocycles. The first kappa shape index (κ1) is 35.1. The number of ether oxygens (including phenoxy) is 9. The van der Waals surface area contributed by atoms with Gasteiger partial charge >= 0.3 is 0 Å². The molecular weight excluding hydrogens is 571 g/mol. The Balaban J connectivity index is 3.00. The highest BCUT2D eigenvalue weighted by atomic mass is 127. The molecule has 0 radical (unpaired) electrons. The van der Waals surface area contributed by atoms with Gasteiger partial charge in [-0.1, -0.05) is 41.5 Å². The highest BCUT2D eigenvalue weighted by Gasteiger charge is 1.95. The van der Waals surface area contributed by atoms with Crippen LogP contribution in [0.4, 0.5) is 0 Å². The van der Waals surface area contributed by atoms with Gasteiger partial charge in [0.15, 0.2) is 0 Å². The molecule has 0 aliphatic rings.